The second kappa shape index (κ2) is 11.0. The second-order valence-corrected chi connectivity index (χ2v) is 8.62. The van der Waals surface area contributed by atoms with Crippen molar-refractivity contribution >= 4 is 20.1 Å². The zero-order valence-corrected chi connectivity index (χ0v) is 18.4. The van der Waals surface area contributed by atoms with Crippen molar-refractivity contribution in [2.24, 2.45) is 11.8 Å². The molecule has 2 aromatic rings. The van der Waals surface area contributed by atoms with Gasteiger partial charge in [-0.1, -0.05) is 60.9 Å². The van der Waals surface area contributed by atoms with Gasteiger partial charge in [0.05, 0.1) is 4.92 Å². The van der Waals surface area contributed by atoms with Crippen molar-refractivity contribution < 1.29 is 23.8 Å². The molecule has 7 nitrogen and oxygen atoms in total. The van der Waals surface area contributed by atoms with Gasteiger partial charge < -0.3 is 9.47 Å². The molecule has 2 rings (SSSR count). The summed E-state index contributed by atoms with van der Waals surface area (Å²) >= 11 is 0. The van der Waals surface area contributed by atoms with Crippen molar-refractivity contribution in [1.82, 2.24) is 0 Å². The predicted molar refractivity (Wildman–Crippen MR) is 115 cm³/mol. The number of benzene rings is 2. The Bertz CT molecular complexity index is 856. The topological polar surface area (TPSA) is 95.7 Å². The van der Waals surface area contributed by atoms with Crippen LogP contribution >= 0.6 is 8.46 Å². The first-order chi connectivity index (χ1) is 14.3. The van der Waals surface area contributed by atoms with Crippen LogP contribution in [0.15, 0.2) is 54.6 Å². The molecule has 160 valence electrons. The van der Waals surface area contributed by atoms with E-state index in [2.05, 4.69) is 0 Å². The quantitative estimate of drug-likeness (QED) is 0.217. The molecule has 2 aromatic carbocycles. The first kappa shape index (κ1) is 23.6. The smallest absolute Gasteiger partial charge is 0.361 e. The first-order valence-electron chi connectivity index (χ1n) is 9.69. The summed E-state index contributed by atoms with van der Waals surface area (Å²) in [7, 11) is 0.499. The predicted octanol–water partition coefficient (Wildman–Crippen LogP) is 4.91. The highest BCUT2D eigenvalue weighted by molar-refractivity contribution is 7.25. The van der Waals surface area contributed by atoms with Crippen LogP contribution in [0.3, 0.4) is 0 Å². The molecule has 0 spiro atoms. The van der Waals surface area contributed by atoms with E-state index in [9.17, 15) is 19.5 Å². The molecule has 0 aromatic heterocycles. The molecule has 8 heteroatoms. The van der Waals surface area contributed by atoms with E-state index in [0.717, 1.165) is 5.56 Å². The van der Waals surface area contributed by atoms with Crippen LogP contribution in [0.5, 0.6) is 0 Å². The van der Waals surface area contributed by atoms with E-state index >= 15 is 0 Å². The summed E-state index contributed by atoms with van der Waals surface area (Å²) in [4.78, 5) is 23.4. The fraction of sp³-hybridized carbons (Fsp3) is 0.409. The van der Waals surface area contributed by atoms with E-state index in [0.29, 0.717) is 12.0 Å². The van der Waals surface area contributed by atoms with E-state index in [1.54, 1.807) is 12.1 Å². The highest BCUT2D eigenvalue weighted by Gasteiger charge is 2.52. The van der Waals surface area contributed by atoms with Crippen molar-refractivity contribution in [3.8, 4) is 0 Å². The highest BCUT2D eigenvalue weighted by atomic mass is 31.1. The van der Waals surface area contributed by atoms with Crippen LogP contribution in [-0.4, -0.2) is 23.3 Å². The Morgan fingerprint density at radius 3 is 2.23 bits per heavy atom. The lowest BCUT2D eigenvalue weighted by atomic mass is 9.87. The number of non-ortho nitro benzene ring substituents is 1. The maximum Gasteiger partial charge on any atom is 0.361 e. The summed E-state index contributed by atoms with van der Waals surface area (Å²) in [5.74, 6) is -1.08. The number of nitro groups is 1. The van der Waals surface area contributed by atoms with Crippen molar-refractivity contribution in [3.63, 3.8) is 0 Å². The van der Waals surface area contributed by atoms with Crippen LogP contribution in [0.25, 0.3) is 0 Å². The van der Waals surface area contributed by atoms with Gasteiger partial charge in [-0.15, -0.1) is 0 Å². The lowest BCUT2D eigenvalue weighted by molar-refractivity contribution is -0.384. The van der Waals surface area contributed by atoms with Gasteiger partial charge in [0.25, 0.3) is 11.0 Å². The van der Waals surface area contributed by atoms with Crippen LogP contribution in [0.1, 0.15) is 31.4 Å². The minimum absolute atomic E-state index is 0.0349. The Labute approximate surface area is 177 Å². The number of esters is 1. The molecule has 3 atom stereocenters. The van der Waals surface area contributed by atoms with Crippen LogP contribution in [0.4, 0.5) is 5.69 Å². The minimum Gasteiger partial charge on any atom is -0.460 e. The average Bonchev–Trinajstić information content (AvgIpc) is 2.75. The number of carbonyl (C=O) groups excluding carboxylic acids is 1. The molecule has 0 saturated heterocycles. The number of rotatable bonds is 11. The van der Waals surface area contributed by atoms with E-state index in [4.69, 9.17) is 9.47 Å². The average molecular weight is 432 g/mol. The third-order valence-electron chi connectivity index (χ3n) is 4.93. The minimum atomic E-state index is -1.28. The standard InChI is InChI=1S/C22H26NO6P/c1-16(2)13-20(21(24)29-15-18-7-5-4-6-8-18)22(28-3,30-27)14-17-9-11-19(12-10-17)23(25)26/h4-12,16,20H,13-15H2,1-3H3/p+1. The van der Waals surface area contributed by atoms with Gasteiger partial charge >= 0.3 is 14.4 Å². The van der Waals surface area contributed by atoms with Crippen molar-refractivity contribution in [2.75, 3.05) is 7.11 Å². The number of ether oxygens (including phenoxy) is 2. The molecule has 30 heavy (non-hydrogen) atoms. The summed E-state index contributed by atoms with van der Waals surface area (Å²) in [6, 6.07) is 15.3. The molecular weight excluding hydrogens is 405 g/mol. The summed E-state index contributed by atoms with van der Waals surface area (Å²) in [5, 5.41) is 9.60. The molecule has 3 unspecified atom stereocenters. The van der Waals surface area contributed by atoms with Crippen LogP contribution in [-0.2, 0) is 31.9 Å². The highest BCUT2D eigenvalue weighted by Crippen LogP contribution is 2.40. The molecule has 0 saturated carbocycles. The maximum atomic E-state index is 13.0. The van der Waals surface area contributed by atoms with Crippen LogP contribution in [0.2, 0.25) is 0 Å². The van der Waals surface area contributed by atoms with Crippen molar-refractivity contribution in [1.29, 1.82) is 0 Å². The number of nitro benzene ring substituents is 1. The monoisotopic (exact) mass is 432 g/mol. The fourth-order valence-electron chi connectivity index (χ4n) is 3.30. The fourth-order valence-corrected chi connectivity index (χ4v) is 4.04. The van der Waals surface area contributed by atoms with Gasteiger partial charge in [-0.25, -0.2) is 0 Å². The van der Waals surface area contributed by atoms with Gasteiger partial charge in [-0.3, -0.25) is 14.9 Å². The maximum absolute atomic E-state index is 13.0. The Balaban J connectivity index is 2.27. The van der Waals surface area contributed by atoms with Gasteiger partial charge in [0.15, 0.2) is 0 Å². The third-order valence-corrected chi connectivity index (χ3v) is 6.00. The molecule has 0 heterocycles. The zero-order valence-electron chi connectivity index (χ0n) is 17.4. The van der Waals surface area contributed by atoms with E-state index in [1.165, 1.54) is 19.2 Å². The van der Waals surface area contributed by atoms with E-state index < -0.39 is 30.6 Å². The third kappa shape index (κ3) is 6.18. The largest absolute Gasteiger partial charge is 0.460 e. The Kier molecular flexibility index (Phi) is 8.63. The van der Waals surface area contributed by atoms with Crippen LogP contribution in [0, 0.1) is 22.0 Å². The lowest BCUT2D eigenvalue weighted by Gasteiger charge is -2.28. The molecule has 0 aliphatic carbocycles. The summed E-state index contributed by atoms with van der Waals surface area (Å²) in [5.41, 5.74) is 1.51. The van der Waals surface area contributed by atoms with Gasteiger partial charge in [0.2, 0.25) is 0 Å². The molecule has 0 bridgehead atoms. The second-order valence-electron chi connectivity index (χ2n) is 7.57. The normalized spacial score (nSPS) is 14.3. The SMILES string of the molecule is COC(Cc1ccc([N+](=O)[O-])cc1)([PH+]=O)C(CC(C)C)C(=O)OCc1ccccc1. The summed E-state index contributed by atoms with van der Waals surface area (Å²) in [6.07, 6.45) is 0.602. The Morgan fingerprint density at radius 1 is 1.10 bits per heavy atom. The number of methoxy groups -OCH3 is 1. The number of hydrogen-bond acceptors (Lipinski definition) is 6. The van der Waals surface area contributed by atoms with Gasteiger partial charge in [0.1, 0.15) is 12.5 Å². The zero-order chi connectivity index (χ0) is 22.1. The molecule has 0 aliphatic heterocycles. The molecule has 0 amide bonds. The van der Waals surface area contributed by atoms with E-state index in [1.807, 2.05) is 44.2 Å². The number of nitrogens with zero attached hydrogens (tertiary/aromatic N) is 1. The molecule has 0 fully saturated rings. The van der Waals surface area contributed by atoms with Gasteiger partial charge in [-0.2, -0.15) is 0 Å². The Hall–Kier alpha value is -2.63. The van der Waals surface area contributed by atoms with E-state index in [-0.39, 0.29) is 24.6 Å². The Morgan fingerprint density at radius 2 is 1.73 bits per heavy atom. The lowest BCUT2D eigenvalue weighted by Crippen LogP contribution is -2.43. The molecular formula is C22H27NO6P+. The molecule has 0 aliphatic rings. The van der Waals surface area contributed by atoms with Crippen LogP contribution < -0.4 is 0 Å². The molecule has 0 N–H and O–H groups in total. The van der Waals surface area contributed by atoms with Crippen molar-refractivity contribution in [2.45, 2.75) is 38.6 Å². The van der Waals surface area contributed by atoms with Gasteiger partial charge in [-0.05, 0) is 23.5 Å². The van der Waals surface area contributed by atoms with Gasteiger partial charge in [0, 0.05) is 25.7 Å². The summed E-state index contributed by atoms with van der Waals surface area (Å²) in [6.45, 7) is 4.06. The number of hydrogen-bond donors (Lipinski definition) is 0. The number of carbonyl (C=O) groups is 1. The molecule has 0 radical (unpaired) electrons. The van der Waals surface area contributed by atoms with Crippen molar-refractivity contribution in [3.05, 3.63) is 75.8 Å². The first-order valence-corrected chi connectivity index (χ1v) is 10.6. The summed E-state index contributed by atoms with van der Waals surface area (Å²) < 4.78 is 23.6.